The number of benzene rings is 1. The Kier molecular flexibility index (Phi) is 4.41. The van der Waals surface area contributed by atoms with E-state index in [1.54, 1.807) is 48.6 Å². The minimum Gasteiger partial charge on any atom is -0.335 e. The summed E-state index contributed by atoms with van der Waals surface area (Å²) in [6.45, 7) is 5.85. The fraction of sp³-hybridized carbons (Fsp3) is 0.143. The maximum Gasteiger partial charge on any atom is 0.259 e. The van der Waals surface area contributed by atoms with Crippen molar-refractivity contribution < 1.29 is 9.32 Å². The molecule has 1 amide bonds. The van der Waals surface area contributed by atoms with Crippen LogP contribution in [0.4, 0.5) is 5.69 Å². The summed E-state index contributed by atoms with van der Waals surface area (Å²) in [6.07, 6.45) is 0. The molecular formula is C21H16N4O2S. The van der Waals surface area contributed by atoms with Crippen molar-refractivity contribution in [1.29, 1.82) is 5.26 Å². The number of carbonyl (C=O) groups is 1. The molecule has 0 radical (unpaired) electrons. The van der Waals surface area contributed by atoms with Crippen LogP contribution in [0.1, 0.15) is 31.4 Å². The van der Waals surface area contributed by atoms with E-state index in [9.17, 15) is 4.79 Å². The Morgan fingerprint density at radius 1 is 1.18 bits per heavy atom. The minimum atomic E-state index is -0.283. The van der Waals surface area contributed by atoms with Gasteiger partial charge in [-0.15, -0.1) is 11.3 Å². The normalized spacial score (nSPS) is 10.8. The first kappa shape index (κ1) is 17.9. The van der Waals surface area contributed by atoms with E-state index in [-0.39, 0.29) is 5.91 Å². The van der Waals surface area contributed by atoms with Crippen molar-refractivity contribution in [2.24, 2.45) is 0 Å². The molecular weight excluding hydrogens is 372 g/mol. The van der Waals surface area contributed by atoms with Crippen molar-refractivity contribution in [3.63, 3.8) is 0 Å². The van der Waals surface area contributed by atoms with Gasteiger partial charge in [-0.1, -0.05) is 5.16 Å². The van der Waals surface area contributed by atoms with Gasteiger partial charge in [0, 0.05) is 21.0 Å². The number of aryl methyl sites for hydroxylation is 3. The number of hydrogen-bond acceptors (Lipinski definition) is 6. The Bertz CT molecular complexity index is 1250. The number of nitriles is 1. The van der Waals surface area contributed by atoms with Gasteiger partial charge < -0.3 is 9.84 Å². The molecule has 4 rings (SSSR count). The number of hydrogen-bond donors (Lipinski definition) is 1. The lowest BCUT2D eigenvalue weighted by Crippen LogP contribution is -2.13. The van der Waals surface area contributed by atoms with E-state index in [0.29, 0.717) is 39.3 Å². The van der Waals surface area contributed by atoms with E-state index in [1.165, 1.54) is 4.88 Å². The fourth-order valence-electron chi connectivity index (χ4n) is 3.12. The highest BCUT2D eigenvalue weighted by molar-refractivity contribution is 7.12. The van der Waals surface area contributed by atoms with E-state index in [0.717, 1.165) is 10.4 Å². The molecule has 0 atom stereocenters. The molecule has 3 aromatic heterocycles. The summed E-state index contributed by atoms with van der Waals surface area (Å²) < 4.78 is 5.36. The average molecular weight is 388 g/mol. The molecule has 0 aliphatic carbocycles. The Hall–Kier alpha value is -3.50. The molecule has 6 nitrogen and oxygen atoms in total. The SMILES string of the molecule is Cc1cc(-c2cc(C(=O)Nc3ccc(C#N)cc3)c3c(C)noc3n2)c(C)s1. The van der Waals surface area contributed by atoms with Crippen LogP contribution in [0.3, 0.4) is 0 Å². The second-order valence-electron chi connectivity index (χ2n) is 6.47. The lowest BCUT2D eigenvalue weighted by molar-refractivity contribution is 0.102. The lowest BCUT2D eigenvalue weighted by atomic mass is 10.1. The average Bonchev–Trinajstić information content (AvgIpc) is 3.23. The molecule has 138 valence electrons. The number of fused-ring (bicyclic) bond motifs is 1. The number of anilines is 1. The van der Waals surface area contributed by atoms with Crippen LogP contribution in [0.15, 0.2) is 40.9 Å². The van der Waals surface area contributed by atoms with Crippen molar-refractivity contribution >= 4 is 34.0 Å². The number of nitrogens with zero attached hydrogens (tertiary/aromatic N) is 3. The standard InChI is InChI=1S/C21H16N4O2S/c1-11-8-16(13(3)28-11)18-9-17(19-12(2)25-27-21(19)24-18)20(26)23-15-6-4-14(10-22)5-7-15/h4-9H,1-3H3,(H,23,26). The molecule has 0 aliphatic rings. The Morgan fingerprint density at radius 2 is 1.93 bits per heavy atom. The Labute approximate surface area is 165 Å². The predicted molar refractivity (Wildman–Crippen MR) is 108 cm³/mol. The smallest absolute Gasteiger partial charge is 0.259 e. The molecule has 28 heavy (non-hydrogen) atoms. The maximum atomic E-state index is 13.0. The molecule has 0 saturated carbocycles. The predicted octanol–water partition coefficient (Wildman–Crippen LogP) is 5.00. The quantitative estimate of drug-likeness (QED) is 0.533. The summed E-state index contributed by atoms with van der Waals surface area (Å²) in [5.41, 5.74) is 4.19. The molecule has 0 fully saturated rings. The van der Waals surface area contributed by atoms with Crippen LogP contribution in [0.5, 0.6) is 0 Å². The summed E-state index contributed by atoms with van der Waals surface area (Å²) in [4.78, 5) is 19.9. The first-order valence-electron chi connectivity index (χ1n) is 8.62. The van der Waals surface area contributed by atoms with Gasteiger partial charge in [0.05, 0.1) is 34.0 Å². The molecule has 0 bridgehead atoms. The zero-order valence-electron chi connectivity index (χ0n) is 15.5. The third-order valence-corrected chi connectivity index (χ3v) is 5.42. The summed E-state index contributed by atoms with van der Waals surface area (Å²) >= 11 is 1.68. The summed E-state index contributed by atoms with van der Waals surface area (Å²) in [7, 11) is 0. The third-order valence-electron chi connectivity index (χ3n) is 4.45. The van der Waals surface area contributed by atoms with Crippen molar-refractivity contribution in [3.05, 3.63) is 63.0 Å². The van der Waals surface area contributed by atoms with Gasteiger partial charge in [0.1, 0.15) is 0 Å². The van der Waals surface area contributed by atoms with Crippen molar-refractivity contribution in [2.45, 2.75) is 20.8 Å². The highest BCUT2D eigenvalue weighted by Gasteiger charge is 2.20. The first-order chi connectivity index (χ1) is 13.5. The van der Waals surface area contributed by atoms with Crippen molar-refractivity contribution in [2.75, 3.05) is 5.32 Å². The molecule has 3 heterocycles. The van der Waals surface area contributed by atoms with Gasteiger partial charge >= 0.3 is 0 Å². The number of nitrogens with one attached hydrogen (secondary N) is 1. The highest BCUT2D eigenvalue weighted by atomic mass is 32.1. The van der Waals surface area contributed by atoms with Gasteiger partial charge in [0.15, 0.2) is 0 Å². The van der Waals surface area contributed by atoms with Crippen molar-refractivity contribution in [3.8, 4) is 17.3 Å². The summed E-state index contributed by atoms with van der Waals surface area (Å²) in [6, 6.07) is 12.6. The number of carbonyl (C=O) groups excluding carboxylic acids is 1. The molecule has 4 aromatic rings. The highest BCUT2D eigenvalue weighted by Crippen LogP contribution is 2.33. The molecule has 0 saturated heterocycles. The van der Waals surface area contributed by atoms with Gasteiger partial charge in [0.25, 0.3) is 11.6 Å². The summed E-state index contributed by atoms with van der Waals surface area (Å²) in [5.74, 6) is -0.283. The second-order valence-corrected chi connectivity index (χ2v) is 7.93. The molecule has 1 N–H and O–H groups in total. The van der Waals surface area contributed by atoms with Crippen LogP contribution < -0.4 is 5.32 Å². The van der Waals surface area contributed by atoms with Gasteiger partial charge in [-0.25, -0.2) is 4.98 Å². The first-order valence-corrected chi connectivity index (χ1v) is 9.44. The van der Waals surface area contributed by atoms with Crippen LogP contribution in [0.2, 0.25) is 0 Å². The fourth-order valence-corrected chi connectivity index (χ4v) is 4.06. The molecule has 0 spiro atoms. The topological polar surface area (TPSA) is 91.8 Å². The van der Waals surface area contributed by atoms with E-state index in [2.05, 4.69) is 27.6 Å². The number of aromatic nitrogens is 2. The van der Waals surface area contributed by atoms with Gasteiger partial charge in [-0.05, 0) is 57.2 Å². The van der Waals surface area contributed by atoms with E-state index in [1.807, 2.05) is 13.8 Å². The second kappa shape index (κ2) is 6.91. The zero-order valence-corrected chi connectivity index (χ0v) is 16.3. The largest absolute Gasteiger partial charge is 0.335 e. The van der Waals surface area contributed by atoms with Crippen LogP contribution in [0.25, 0.3) is 22.4 Å². The van der Waals surface area contributed by atoms with Crippen LogP contribution in [-0.4, -0.2) is 16.0 Å². The third kappa shape index (κ3) is 3.15. The number of pyridine rings is 1. The lowest BCUT2D eigenvalue weighted by Gasteiger charge is -2.08. The number of thiophene rings is 1. The van der Waals surface area contributed by atoms with Crippen LogP contribution in [-0.2, 0) is 0 Å². The number of rotatable bonds is 3. The molecule has 7 heteroatoms. The van der Waals surface area contributed by atoms with Gasteiger partial charge in [-0.2, -0.15) is 5.26 Å². The van der Waals surface area contributed by atoms with E-state index < -0.39 is 0 Å². The molecule has 1 aromatic carbocycles. The Balaban J connectivity index is 1.80. The number of amides is 1. The molecule has 0 unspecified atom stereocenters. The van der Waals surface area contributed by atoms with Gasteiger partial charge in [0.2, 0.25) is 0 Å². The van der Waals surface area contributed by atoms with E-state index in [4.69, 9.17) is 9.78 Å². The maximum absolute atomic E-state index is 13.0. The van der Waals surface area contributed by atoms with E-state index >= 15 is 0 Å². The molecule has 0 aliphatic heterocycles. The zero-order chi connectivity index (χ0) is 19.8. The Morgan fingerprint density at radius 3 is 2.57 bits per heavy atom. The summed E-state index contributed by atoms with van der Waals surface area (Å²) in [5, 5.41) is 16.4. The monoisotopic (exact) mass is 388 g/mol. The minimum absolute atomic E-state index is 0.283. The van der Waals surface area contributed by atoms with Gasteiger partial charge in [-0.3, -0.25) is 4.79 Å². The van der Waals surface area contributed by atoms with Crippen LogP contribution >= 0.6 is 11.3 Å². The van der Waals surface area contributed by atoms with Crippen LogP contribution in [0, 0.1) is 32.1 Å². The van der Waals surface area contributed by atoms with Crippen molar-refractivity contribution in [1.82, 2.24) is 10.1 Å².